The highest BCUT2D eigenvalue weighted by Gasteiger charge is 2.16. The molecule has 1 fully saturated rings. The molecule has 0 bridgehead atoms. The van der Waals surface area contributed by atoms with Crippen molar-refractivity contribution < 1.29 is 9.53 Å². The molecule has 0 aliphatic carbocycles. The Labute approximate surface area is 127 Å². The zero-order chi connectivity index (χ0) is 14.5. The number of hydrogen-bond donors (Lipinski definition) is 2. The van der Waals surface area contributed by atoms with Crippen LogP contribution in [0.1, 0.15) is 23.2 Å². The summed E-state index contributed by atoms with van der Waals surface area (Å²) in [6.07, 6.45) is 4.00. The van der Waals surface area contributed by atoms with Gasteiger partial charge >= 0.3 is 0 Å². The summed E-state index contributed by atoms with van der Waals surface area (Å²) in [6, 6.07) is 7.40. The number of anilines is 2. The molecule has 2 aromatic rings. The lowest BCUT2D eigenvalue weighted by molar-refractivity contribution is 0.0858. The molecular weight excluding hydrogens is 286 g/mol. The van der Waals surface area contributed by atoms with Crippen molar-refractivity contribution in [3.63, 3.8) is 0 Å². The van der Waals surface area contributed by atoms with Gasteiger partial charge in [0.25, 0.3) is 5.91 Å². The quantitative estimate of drug-likeness (QED) is 0.891. The van der Waals surface area contributed by atoms with E-state index in [1.807, 2.05) is 23.6 Å². The van der Waals surface area contributed by atoms with Gasteiger partial charge in [-0.1, -0.05) is 6.07 Å². The maximum Gasteiger partial charge on any atom is 0.251 e. The zero-order valence-electron chi connectivity index (χ0n) is 11.5. The monoisotopic (exact) mass is 303 g/mol. The first-order valence-electron chi connectivity index (χ1n) is 6.97. The van der Waals surface area contributed by atoms with E-state index in [-0.39, 0.29) is 12.0 Å². The van der Waals surface area contributed by atoms with Crippen LogP contribution in [0.15, 0.2) is 35.8 Å². The molecule has 3 rings (SSSR count). The van der Waals surface area contributed by atoms with Crippen molar-refractivity contribution in [2.75, 3.05) is 18.5 Å². The Morgan fingerprint density at radius 1 is 1.48 bits per heavy atom. The number of rotatable bonds is 5. The smallest absolute Gasteiger partial charge is 0.251 e. The number of nitrogens with zero attached hydrogens (tertiary/aromatic N) is 1. The largest absolute Gasteiger partial charge is 0.376 e. The Kier molecular flexibility index (Phi) is 4.47. The third-order valence-electron chi connectivity index (χ3n) is 3.32. The van der Waals surface area contributed by atoms with Crippen LogP contribution in [-0.4, -0.2) is 30.1 Å². The summed E-state index contributed by atoms with van der Waals surface area (Å²) in [5, 5.41) is 8.82. The van der Waals surface area contributed by atoms with Crippen molar-refractivity contribution in [1.29, 1.82) is 0 Å². The number of hydrogen-bond acceptors (Lipinski definition) is 5. The first-order chi connectivity index (χ1) is 10.3. The molecule has 1 aliphatic rings. The molecular formula is C15H17N3O2S. The normalized spacial score (nSPS) is 17.6. The number of nitrogens with one attached hydrogen (secondary N) is 2. The molecule has 1 atom stereocenters. The van der Waals surface area contributed by atoms with Gasteiger partial charge in [0.1, 0.15) is 0 Å². The number of thiazole rings is 1. The molecule has 0 spiro atoms. The van der Waals surface area contributed by atoms with Crippen LogP contribution in [0.2, 0.25) is 0 Å². The average Bonchev–Trinajstić information content (AvgIpc) is 3.18. The Bertz CT molecular complexity index is 595. The highest BCUT2D eigenvalue weighted by Crippen LogP contribution is 2.19. The molecule has 1 aliphatic heterocycles. The van der Waals surface area contributed by atoms with E-state index in [0.29, 0.717) is 12.1 Å². The summed E-state index contributed by atoms with van der Waals surface area (Å²) >= 11 is 1.52. The van der Waals surface area contributed by atoms with E-state index in [1.165, 1.54) is 11.3 Å². The number of amides is 1. The minimum atomic E-state index is -0.0757. The standard InChI is InChI=1S/C15H17N3O2S/c19-14(17-10-13-5-2-7-20-13)11-3-1-4-12(9-11)18-15-16-6-8-21-15/h1,3-4,6,8-9,13H,2,5,7,10H2,(H,16,18)(H,17,19). The van der Waals surface area contributed by atoms with Gasteiger partial charge in [-0.05, 0) is 31.0 Å². The molecule has 2 heterocycles. The van der Waals surface area contributed by atoms with Crippen LogP contribution in [0, 0.1) is 0 Å². The third-order valence-corrected chi connectivity index (χ3v) is 4.01. The van der Waals surface area contributed by atoms with Gasteiger partial charge in [-0.25, -0.2) is 4.98 Å². The van der Waals surface area contributed by atoms with Crippen molar-refractivity contribution in [2.45, 2.75) is 18.9 Å². The van der Waals surface area contributed by atoms with Gasteiger partial charge in [-0.3, -0.25) is 4.79 Å². The fourth-order valence-electron chi connectivity index (χ4n) is 2.26. The summed E-state index contributed by atoms with van der Waals surface area (Å²) in [5.74, 6) is -0.0757. The fraction of sp³-hybridized carbons (Fsp3) is 0.333. The van der Waals surface area contributed by atoms with E-state index >= 15 is 0 Å². The van der Waals surface area contributed by atoms with Crippen LogP contribution in [0.4, 0.5) is 10.8 Å². The molecule has 5 nitrogen and oxygen atoms in total. The van der Waals surface area contributed by atoms with Crippen LogP contribution in [0.25, 0.3) is 0 Å². The van der Waals surface area contributed by atoms with Crippen molar-refractivity contribution in [2.24, 2.45) is 0 Å². The highest BCUT2D eigenvalue weighted by molar-refractivity contribution is 7.13. The Balaban J connectivity index is 1.60. The summed E-state index contributed by atoms with van der Waals surface area (Å²) in [4.78, 5) is 16.3. The third kappa shape index (κ3) is 3.80. The predicted octanol–water partition coefficient (Wildman–Crippen LogP) is 2.80. The number of carbonyl (C=O) groups is 1. The lowest BCUT2D eigenvalue weighted by Gasteiger charge is -2.11. The zero-order valence-corrected chi connectivity index (χ0v) is 12.4. The second kappa shape index (κ2) is 6.69. The molecule has 1 unspecified atom stereocenters. The fourth-order valence-corrected chi connectivity index (χ4v) is 2.81. The molecule has 110 valence electrons. The number of benzene rings is 1. The minimum Gasteiger partial charge on any atom is -0.376 e. The number of aromatic nitrogens is 1. The molecule has 1 aromatic heterocycles. The van der Waals surface area contributed by atoms with Crippen LogP contribution >= 0.6 is 11.3 Å². The van der Waals surface area contributed by atoms with Crippen molar-refractivity contribution >= 4 is 28.1 Å². The first kappa shape index (κ1) is 14.0. The highest BCUT2D eigenvalue weighted by atomic mass is 32.1. The van der Waals surface area contributed by atoms with Gasteiger partial charge in [0.05, 0.1) is 6.10 Å². The molecule has 1 saturated heterocycles. The summed E-state index contributed by atoms with van der Waals surface area (Å²) < 4.78 is 5.50. The number of ether oxygens (including phenoxy) is 1. The molecule has 0 radical (unpaired) electrons. The van der Waals surface area contributed by atoms with E-state index in [1.54, 1.807) is 12.3 Å². The maximum atomic E-state index is 12.1. The van der Waals surface area contributed by atoms with E-state index in [0.717, 1.165) is 30.3 Å². The van der Waals surface area contributed by atoms with E-state index in [2.05, 4.69) is 15.6 Å². The molecule has 0 saturated carbocycles. The average molecular weight is 303 g/mol. The van der Waals surface area contributed by atoms with Crippen molar-refractivity contribution in [1.82, 2.24) is 10.3 Å². The van der Waals surface area contributed by atoms with Gasteiger partial charge in [-0.2, -0.15) is 0 Å². The van der Waals surface area contributed by atoms with Crippen molar-refractivity contribution in [3.8, 4) is 0 Å². The Morgan fingerprint density at radius 3 is 3.19 bits per heavy atom. The molecule has 6 heteroatoms. The van der Waals surface area contributed by atoms with Gasteiger partial charge < -0.3 is 15.4 Å². The predicted molar refractivity (Wildman–Crippen MR) is 83.1 cm³/mol. The van der Waals surface area contributed by atoms with Crippen LogP contribution in [-0.2, 0) is 4.74 Å². The molecule has 1 amide bonds. The Morgan fingerprint density at radius 2 is 2.43 bits per heavy atom. The first-order valence-corrected chi connectivity index (χ1v) is 7.85. The molecule has 2 N–H and O–H groups in total. The number of carbonyl (C=O) groups excluding carboxylic acids is 1. The SMILES string of the molecule is O=C(NCC1CCCO1)c1cccc(Nc2nccs2)c1. The second-order valence-electron chi connectivity index (χ2n) is 4.89. The minimum absolute atomic E-state index is 0.0757. The van der Waals surface area contributed by atoms with Crippen LogP contribution in [0.3, 0.4) is 0 Å². The summed E-state index contributed by atoms with van der Waals surface area (Å²) in [7, 11) is 0. The second-order valence-corrected chi connectivity index (χ2v) is 5.78. The molecule has 1 aromatic carbocycles. The van der Waals surface area contributed by atoms with Gasteiger partial charge in [0, 0.05) is 36.0 Å². The van der Waals surface area contributed by atoms with E-state index in [4.69, 9.17) is 4.74 Å². The lowest BCUT2D eigenvalue weighted by Crippen LogP contribution is -2.31. The van der Waals surface area contributed by atoms with Gasteiger partial charge in [0.15, 0.2) is 5.13 Å². The van der Waals surface area contributed by atoms with Crippen LogP contribution < -0.4 is 10.6 Å². The van der Waals surface area contributed by atoms with E-state index in [9.17, 15) is 4.79 Å². The summed E-state index contributed by atoms with van der Waals surface area (Å²) in [5.41, 5.74) is 1.49. The van der Waals surface area contributed by atoms with Crippen LogP contribution in [0.5, 0.6) is 0 Å². The van der Waals surface area contributed by atoms with E-state index < -0.39 is 0 Å². The molecule has 21 heavy (non-hydrogen) atoms. The topological polar surface area (TPSA) is 63.2 Å². The van der Waals surface area contributed by atoms with Gasteiger partial charge in [-0.15, -0.1) is 11.3 Å². The van der Waals surface area contributed by atoms with Crippen molar-refractivity contribution in [3.05, 3.63) is 41.4 Å². The Hall–Kier alpha value is -1.92. The maximum absolute atomic E-state index is 12.1. The lowest BCUT2D eigenvalue weighted by atomic mass is 10.2. The van der Waals surface area contributed by atoms with Gasteiger partial charge in [0.2, 0.25) is 0 Å². The summed E-state index contributed by atoms with van der Waals surface area (Å²) in [6.45, 7) is 1.37.